The first-order chi connectivity index (χ1) is 9.00. The van der Waals surface area contributed by atoms with Crippen molar-refractivity contribution in [1.82, 2.24) is 4.90 Å². The Hall–Kier alpha value is -1.13. The lowest BCUT2D eigenvalue weighted by molar-refractivity contribution is 0.314. The summed E-state index contributed by atoms with van der Waals surface area (Å²) >= 11 is 0. The number of hydrogen-bond donors (Lipinski definition) is 1. The summed E-state index contributed by atoms with van der Waals surface area (Å²) in [5.41, 5.74) is 7.44. The first-order valence-electron chi connectivity index (χ1n) is 6.96. The van der Waals surface area contributed by atoms with Gasteiger partial charge in [-0.25, -0.2) is 4.39 Å². The van der Waals surface area contributed by atoms with Crippen LogP contribution in [0.3, 0.4) is 0 Å². The van der Waals surface area contributed by atoms with Crippen molar-refractivity contribution in [1.29, 1.82) is 0 Å². The average molecular weight is 265 g/mol. The highest BCUT2D eigenvalue weighted by molar-refractivity contribution is 5.55. The van der Waals surface area contributed by atoms with Crippen molar-refractivity contribution in [2.24, 2.45) is 5.73 Å². The van der Waals surface area contributed by atoms with Crippen LogP contribution in [0.4, 0.5) is 10.1 Å². The lowest BCUT2D eigenvalue weighted by Gasteiger charge is -2.29. The van der Waals surface area contributed by atoms with E-state index in [2.05, 4.69) is 16.8 Å². The number of hydrogen-bond acceptors (Lipinski definition) is 3. The SMILES string of the molecule is C[C@@H](N)c1c(F)cccc1N(C)CC1CCCN1C. The Bertz CT molecular complexity index is 433. The zero-order chi connectivity index (χ0) is 14.0. The first kappa shape index (κ1) is 14.3. The monoisotopic (exact) mass is 265 g/mol. The van der Waals surface area contributed by atoms with Crippen LogP contribution in [0.5, 0.6) is 0 Å². The van der Waals surface area contributed by atoms with Crippen LogP contribution in [0, 0.1) is 5.82 Å². The third-order valence-electron chi connectivity index (χ3n) is 4.05. The van der Waals surface area contributed by atoms with Crippen molar-refractivity contribution < 1.29 is 4.39 Å². The van der Waals surface area contributed by atoms with E-state index in [4.69, 9.17) is 5.73 Å². The second-order valence-corrected chi connectivity index (χ2v) is 5.62. The van der Waals surface area contributed by atoms with Crippen molar-refractivity contribution in [3.63, 3.8) is 0 Å². The number of anilines is 1. The van der Waals surface area contributed by atoms with Gasteiger partial charge in [0.1, 0.15) is 5.82 Å². The van der Waals surface area contributed by atoms with Crippen LogP contribution in [0.15, 0.2) is 18.2 Å². The van der Waals surface area contributed by atoms with Crippen molar-refractivity contribution in [3.8, 4) is 0 Å². The number of halogens is 1. The molecule has 1 aromatic carbocycles. The second kappa shape index (κ2) is 5.88. The van der Waals surface area contributed by atoms with E-state index in [0.717, 1.165) is 18.8 Å². The molecule has 2 rings (SSSR count). The Labute approximate surface area is 115 Å². The molecule has 2 atom stereocenters. The standard InChI is InChI=1S/C15H24FN3/c1-11(17)15-13(16)7-4-8-14(15)19(3)10-12-6-5-9-18(12)2/h4,7-8,11-12H,5-6,9-10,17H2,1-3H3/t11-,12?/m1/s1. The van der Waals surface area contributed by atoms with Crippen LogP contribution >= 0.6 is 0 Å². The number of benzene rings is 1. The fourth-order valence-electron chi connectivity index (χ4n) is 2.93. The molecule has 0 radical (unpaired) electrons. The lowest BCUT2D eigenvalue weighted by atomic mass is 10.0. The number of nitrogens with zero attached hydrogens (tertiary/aromatic N) is 2. The highest BCUT2D eigenvalue weighted by atomic mass is 19.1. The topological polar surface area (TPSA) is 32.5 Å². The van der Waals surface area contributed by atoms with Crippen LogP contribution in [-0.2, 0) is 0 Å². The smallest absolute Gasteiger partial charge is 0.130 e. The maximum Gasteiger partial charge on any atom is 0.130 e. The zero-order valence-electron chi connectivity index (χ0n) is 12.1. The molecule has 1 aliphatic heterocycles. The Morgan fingerprint density at radius 1 is 1.53 bits per heavy atom. The highest BCUT2D eigenvalue weighted by Crippen LogP contribution is 2.28. The normalized spacial score (nSPS) is 21.6. The molecule has 1 aromatic rings. The number of likely N-dealkylation sites (N-methyl/N-ethyl adjacent to an activating group) is 2. The molecule has 1 fully saturated rings. The number of nitrogens with two attached hydrogens (primary N) is 1. The fraction of sp³-hybridized carbons (Fsp3) is 0.600. The molecule has 3 nitrogen and oxygen atoms in total. The molecule has 0 spiro atoms. The summed E-state index contributed by atoms with van der Waals surface area (Å²) in [4.78, 5) is 4.51. The minimum Gasteiger partial charge on any atom is -0.373 e. The molecular formula is C15H24FN3. The fourth-order valence-corrected chi connectivity index (χ4v) is 2.93. The largest absolute Gasteiger partial charge is 0.373 e. The molecule has 0 amide bonds. The van der Waals surface area contributed by atoms with E-state index >= 15 is 0 Å². The van der Waals surface area contributed by atoms with Crippen molar-refractivity contribution in [2.75, 3.05) is 32.1 Å². The van der Waals surface area contributed by atoms with Gasteiger partial charge in [0, 0.05) is 36.9 Å². The molecule has 4 heteroatoms. The molecule has 19 heavy (non-hydrogen) atoms. The Balaban J connectivity index is 2.19. The molecule has 1 saturated heterocycles. The van der Waals surface area contributed by atoms with Gasteiger partial charge in [-0.05, 0) is 45.5 Å². The molecule has 1 heterocycles. The molecule has 1 unspecified atom stereocenters. The molecule has 0 saturated carbocycles. The van der Waals surface area contributed by atoms with E-state index in [9.17, 15) is 4.39 Å². The van der Waals surface area contributed by atoms with Crippen LogP contribution < -0.4 is 10.6 Å². The number of rotatable bonds is 4. The predicted octanol–water partition coefficient (Wildman–Crippen LogP) is 2.38. The van der Waals surface area contributed by atoms with Gasteiger partial charge in [-0.3, -0.25) is 0 Å². The van der Waals surface area contributed by atoms with E-state index < -0.39 is 0 Å². The molecular weight excluding hydrogens is 241 g/mol. The maximum atomic E-state index is 13.9. The van der Waals surface area contributed by atoms with Gasteiger partial charge in [0.2, 0.25) is 0 Å². The summed E-state index contributed by atoms with van der Waals surface area (Å²) in [5, 5.41) is 0. The highest BCUT2D eigenvalue weighted by Gasteiger charge is 2.24. The quantitative estimate of drug-likeness (QED) is 0.907. The number of likely N-dealkylation sites (tertiary alicyclic amines) is 1. The van der Waals surface area contributed by atoms with Gasteiger partial charge < -0.3 is 15.5 Å². The molecule has 1 aliphatic rings. The summed E-state index contributed by atoms with van der Waals surface area (Å²) in [5.74, 6) is -0.209. The van der Waals surface area contributed by atoms with Crippen molar-refractivity contribution >= 4 is 5.69 Å². The summed E-state index contributed by atoms with van der Waals surface area (Å²) < 4.78 is 13.9. The van der Waals surface area contributed by atoms with Gasteiger partial charge >= 0.3 is 0 Å². The van der Waals surface area contributed by atoms with Gasteiger partial charge in [-0.1, -0.05) is 6.07 Å². The zero-order valence-corrected chi connectivity index (χ0v) is 12.1. The molecule has 2 N–H and O–H groups in total. The summed E-state index contributed by atoms with van der Waals surface area (Å²) in [6, 6.07) is 5.45. The third-order valence-corrected chi connectivity index (χ3v) is 4.05. The maximum absolute atomic E-state index is 13.9. The summed E-state index contributed by atoms with van der Waals surface area (Å²) in [6.07, 6.45) is 2.46. The van der Waals surface area contributed by atoms with E-state index in [1.165, 1.54) is 18.9 Å². The third kappa shape index (κ3) is 3.07. The van der Waals surface area contributed by atoms with Gasteiger partial charge in [-0.15, -0.1) is 0 Å². The van der Waals surface area contributed by atoms with Crippen LogP contribution in [-0.4, -0.2) is 38.1 Å². The van der Waals surface area contributed by atoms with E-state index in [0.29, 0.717) is 11.6 Å². The Kier molecular flexibility index (Phi) is 4.42. The molecule has 0 bridgehead atoms. The van der Waals surface area contributed by atoms with E-state index in [-0.39, 0.29) is 11.9 Å². The minimum absolute atomic E-state index is 0.209. The van der Waals surface area contributed by atoms with E-state index in [1.807, 2.05) is 20.0 Å². The van der Waals surface area contributed by atoms with Crippen LogP contribution in [0.1, 0.15) is 31.4 Å². The lowest BCUT2D eigenvalue weighted by Crippen LogP contribution is -2.37. The average Bonchev–Trinajstić information content (AvgIpc) is 2.74. The van der Waals surface area contributed by atoms with Crippen LogP contribution in [0.2, 0.25) is 0 Å². The second-order valence-electron chi connectivity index (χ2n) is 5.62. The molecule has 0 aliphatic carbocycles. The van der Waals surface area contributed by atoms with Gasteiger partial charge in [0.25, 0.3) is 0 Å². The summed E-state index contributed by atoms with van der Waals surface area (Å²) in [6.45, 7) is 3.90. The van der Waals surface area contributed by atoms with E-state index in [1.54, 1.807) is 6.07 Å². The van der Waals surface area contributed by atoms with Gasteiger partial charge in [0.15, 0.2) is 0 Å². The van der Waals surface area contributed by atoms with Gasteiger partial charge in [0.05, 0.1) is 0 Å². The first-order valence-corrected chi connectivity index (χ1v) is 6.96. The Morgan fingerprint density at radius 2 is 2.26 bits per heavy atom. The Morgan fingerprint density at radius 3 is 2.84 bits per heavy atom. The predicted molar refractivity (Wildman–Crippen MR) is 77.9 cm³/mol. The van der Waals surface area contributed by atoms with Crippen molar-refractivity contribution in [3.05, 3.63) is 29.6 Å². The summed E-state index contributed by atoms with van der Waals surface area (Å²) in [7, 11) is 4.18. The minimum atomic E-state index is -0.292. The molecule has 106 valence electrons. The molecule has 0 aromatic heterocycles. The van der Waals surface area contributed by atoms with Crippen LogP contribution in [0.25, 0.3) is 0 Å². The van der Waals surface area contributed by atoms with Crippen molar-refractivity contribution in [2.45, 2.75) is 31.8 Å². The van der Waals surface area contributed by atoms with Gasteiger partial charge in [-0.2, -0.15) is 0 Å².